The smallest absolute Gasteiger partial charge is 0.243 e. The lowest BCUT2D eigenvalue weighted by Gasteiger charge is -2.28. The van der Waals surface area contributed by atoms with Crippen LogP contribution in [0.5, 0.6) is 0 Å². The molecule has 0 saturated carbocycles. The van der Waals surface area contributed by atoms with Crippen LogP contribution in [-0.4, -0.2) is 48.5 Å². The van der Waals surface area contributed by atoms with Crippen molar-refractivity contribution in [2.45, 2.75) is 56.1 Å². The second-order valence-electron chi connectivity index (χ2n) is 6.38. The second kappa shape index (κ2) is 7.80. The van der Waals surface area contributed by atoms with Crippen molar-refractivity contribution in [3.05, 3.63) is 30.1 Å². The number of rotatable bonds is 7. The quantitative estimate of drug-likeness (QED) is 0.762. The first-order valence-corrected chi connectivity index (χ1v) is 9.95. The highest BCUT2D eigenvalue weighted by atomic mass is 32.2. The molecule has 0 radical (unpaired) electrons. The molecule has 0 aliphatic carbocycles. The summed E-state index contributed by atoms with van der Waals surface area (Å²) in [5, 5.41) is 12.9. The molecule has 1 aromatic carbocycles. The molecule has 6 nitrogen and oxygen atoms in total. The van der Waals surface area contributed by atoms with Gasteiger partial charge in [0.1, 0.15) is 11.9 Å². The Bertz CT molecular complexity index is 702. The average Bonchev–Trinajstić information content (AvgIpc) is 3.10. The van der Waals surface area contributed by atoms with Crippen LogP contribution in [0.15, 0.2) is 29.2 Å². The van der Waals surface area contributed by atoms with Gasteiger partial charge in [-0.3, -0.25) is 4.79 Å². The third-order valence-corrected chi connectivity index (χ3v) is 6.76. The molecule has 1 atom stereocenters. The van der Waals surface area contributed by atoms with Crippen LogP contribution in [0.1, 0.15) is 39.5 Å². The van der Waals surface area contributed by atoms with E-state index in [9.17, 15) is 22.7 Å². The van der Waals surface area contributed by atoms with Gasteiger partial charge in [0, 0.05) is 13.1 Å². The van der Waals surface area contributed by atoms with E-state index in [1.54, 1.807) is 0 Å². The molecule has 0 bridgehead atoms. The van der Waals surface area contributed by atoms with Crippen LogP contribution in [0, 0.1) is 5.82 Å². The van der Waals surface area contributed by atoms with Crippen molar-refractivity contribution >= 4 is 15.9 Å². The topological polar surface area (TPSA) is 86.7 Å². The fourth-order valence-corrected chi connectivity index (χ4v) is 4.56. The number of sulfonamides is 1. The lowest BCUT2D eigenvalue weighted by atomic mass is 9.97. The summed E-state index contributed by atoms with van der Waals surface area (Å²) in [7, 11) is -3.87. The predicted molar refractivity (Wildman–Crippen MR) is 91.9 cm³/mol. The SMILES string of the molecule is CCC(O)(CC)CNC(=O)[C@H]1CCCN1S(=O)(=O)c1ccc(F)cc1. The van der Waals surface area contributed by atoms with E-state index >= 15 is 0 Å². The maximum Gasteiger partial charge on any atom is 0.243 e. The van der Waals surface area contributed by atoms with Gasteiger partial charge in [-0.15, -0.1) is 0 Å². The monoisotopic (exact) mass is 372 g/mol. The van der Waals surface area contributed by atoms with Crippen molar-refractivity contribution < 1.29 is 22.7 Å². The first kappa shape index (κ1) is 19.8. The fourth-order valence-electron chi connectivity index (χ4n) is 2.90. The van der Waals surface area contributed by atoms with Crippen molar-refractivity contribution in [2.24, 2.45) is 0 Å². The van der Waals surface area contributed by atoms with E-state index in [4.69, 9.17) is 0 Å². The van der Waals surface area contributed by atoms with E-state index in [1.807, 2.05) is 13.8 Å². The summed E-state index contributed by atoms with van der Waals surface area (Å²) in [6.45, 7) is 3.98. The van der Waals surface area contributed by atoms with Gasteiger partial charge in [-0.1, -0.05) is 13.8 Å². The van der Waals surface area contributed by atoms with Crippen LogP contribution >= 0.6 is 0 Å². The van der Waals surface area contributed by atoms with Crippen LogP contribution < -0.4 is 5.32 Å². The van der Waals surface area contributed by atoms with Crippen molar-refractivity contribution in [2.75, 3.05) is 13.1 Å². The van der Waals surface area contributed by atoms with Gasteiger partial charge in [0.25, 0.3) is 0 Å². The molecule has 25 heavy (non-hydrogen) atoms. The Labute approximate surface area is 148 Å². The van der Waals surface area contributed by atoms with Crippen molar-refractivity contribution in [3.63, 3.8) is 0 Å². The van der Waals surface area contributed by atoms with Gasteiger partial charge in [-0.25, -0.2) is 12.8 Å². The molecule has 0 unspecified atom stereocenters. The van der Waals surface area contributed by atoms with Gasteiger partial charge in [0.15, 0.2) is 0 Å². The largest absolute Gasteiger partial charge is 0.388 e. The molecule has 1 aromatic rings. The number of carbonyl (C=O) groups is 1. The third kappa shape index (κ3) is 4.37. The molecule has 8 heteroatoms. The summed E-state index contributed by atoms with van der Waals surface area (Å²) in [6.07, 6.45) is 1.98. The molecule has 2 rings (SSSR count). The molecule has 140 valence electrons. The zero-order valence-electron chi connectivity index (χ0n) is 14.5. The van der Waals surface area contributed by atoms with Gasteiger partial charge in [0.2, 0.25) is 15.9 Å². The first-order valence-electron chi connectivity index (χ1n) is 8.51. The molecule has 1 aliphatic rings. The summed E-state index contributed by atoms with van der Waals surface area (Å²) in [6, 6.07) is 3.75. The van der Waals surface area contributed by atoms with Crippen LogP contribution in [-0.2, 0) is 14.8 Å². The summed E-state index contributed by atoms with van der Waals surface area (Å²) in [5.41, 5.74) is -0.991. The predicted octanol–water partition coefficient (Wildman–Crippen LogP) is 1.65. The van der Waals surface area contributed by atoms with Gasteiger partial charge < -0.3 is 10.4 Å². The maximum atomic E-state index is 13.0. The molecule has 2 N–H and O–H groups in total. The van der Waals surface area contributed by atoms with E-state index in [-0.39, 0.29) is 18.0 Å². The fraction of sp³-hybridized carbons (Fsp3) is 0.588. The molecular weight excluding hydrogens is 347 g/mol. The summed E-state index contributed by atoms with van der Waals surface area (Å²) < 4.78 is 39.7. The van der Waals surface area contributed by atoms with Crippen molar-refractivity contribution in [1.29, 1.82) is 0 Å². The first-order chi connectivity index (χ1) is 11.7. The van der Waals surface area contributed by atoms with Crippen LogP contribution in [0.25, 0.3) is 0 Å². The van der Waals surface area contributed by atoms with Crippen LogP contribution in [0.4, 0.5) is 4.39 Å². The van der Waals surface area contributed by atoms with Gasteiger partial charge in [-0.05, 0) is 49.9 Å². The lowest BCUT2D eigenvalue weighted by molar-refractivity contribution is -0.125. The Morgan fingerprint density at radius 2 is 1.92 bits per heavy atom. The number of carbonyl (C=O) groups excluding carboxylic acids is 1. The van der Waals surface area contributed by atoms with E-state index in [1.165, 1.54) is 12.1 Å². The van der Waals surface area contributed by atoms with Crippen LogP contribution in [0.2, 0.25) is 0 Å². The molecule has 1 aliphatic heterocycles. The number of nitrogens with zero attached hydrogens (tertiary/aromatic N) is 1. The van der Waals surface area contributed by atoms with E-state index in [2.05, 4.69) is 5.32 Å². The summed E-state index contributed by atoms with van der Waals surface area (Å²) in [5.74, 6) is -0.934. The molecule has 0 aromatic heterocycles. The maximum absolute atomic E-state index is 13.0. The number of hydrogen-bond acceptors (Lipinski definition) is 4. The molecule has 1 fully saturated rings. The molecule has 1 saturated heterocycles. The molecule has 1 heterocycles. The normalized spacial score (nSPS) is 19.1. The van der Waals surface area contributed by atoms with E-state index in [0.717, 1.165) is 16.4 Å². The van der Waals surface area contributed by atoms with Crippen LogP contribution in [0.3, 0.4) is 0 Å². The summed E-state index contributed by atoms with van der Waals surface area (Å²) >= 11 is 0. The minimum atomic E-state index is -3.87. The highest BCUT2D eigenvalue weighted by Gasteiger charge is 2.39. The lowest BCUT2D eigenvalue weighted by Crippen LogP contribution is -2.50. The second-order valence-corrected chi connectivity index (χ2v) is 8.27. The van der Waals surface area contributed by atoms with Gasteiger partial charge >= 0.3 is 0 Å². The number of benzene rings is 1. The summed E-state index contributed by atoms with van der Waals surface area (Å²) in [4.78, 5) is 12.4. The zero-order chi connectivity index (χ0) is 18.7. The number of nitrogens with one attached hydrogen (secondary N) is 1. The van der Waals surface area contributed by atoms with Gasteiger partial charge in [-0.2, -0.15) is 4.31 Å². The molecule has 1 amide bonds. The minimum absolute atomic E-state index is 0.0350. The Balaban J connectivity index is 2.13. The number of halogens is 1. The average molecular weight is 372 g/mol. The minimum Gasteiger partial charge on any atom is -0.388 e. The number of aliphatic hydroxyl groups is 1. The molecular formula is C17H25FN2O4S. The third-order valence-electron chi connectivity index (χ3n) is 4.83. The Hall–Kier alpha value is -1.51. The van der Waals surface area contributed by atoms with E-state index in [0.29, 0.717) is 25.7 Å². The number of amides is 1. The Morgan fingerprint density at radius 3 is 2.48 bits per heavy atom. The zero-order valence-corrected chi connectivity index (χ0v) is 15.4. The van der Waals surface area contributed by atoms with E-state index < -0.39 is 33.4 Å². The Morgan fingerprint density at radius 1 is 1.32 bits per heavy atom. The van der Waals surface area contributed by atoms with Crippen molar-refractivity contribution in [3.8, 4) is 0 Å². The Kier molecular flexibility index (Phi) is 6.18. The number of hydrogen-bond donors (Lipinski definition) is 2. The van der Waals surface area contributed by atoms with Gasteiger partial charge in [0.05, 0.1) is 10.5 Å². The highest BCUT2D eigenvalue weighted by Crippen LogP contribution is 2.26. The van der Waals surface area contributed by atoms with Crippen molar-refractivity contribution in [1.82, 2.24) is 9.62 Å². The highest BCUT2D eigenvalue weighted by molar-refractivity contribution is 7.89. The standard InChI is InChI=1S/C17H25FN2O4S/c1-3-17(22,4-2)12-19-16(21)15-6-5-11-20(15)25(23,24)14-9-7-13(18)8-10-14/h7-10,15,22H,3-6,11-12H2,1-2H3,(H,19,21)/t15-/m1/s1. The molecule has 0 spiro atoms.